The molecule has 11 rings (SSSR count). The van der Waals surface area contributed by atoms with Crippen molar-refractivity contribution in [1.29, 1.82) is 5.26 Å². The molecule has 0 amide bonds. The van der Waals surface area contributed by atoms with Gasteiger partial charge in [0.2, 0.25) is 0 Å². The maximum absolute atomic E-state index is 9.77. The number of nitrogens with zero attached hydrogens (tertiary/aromatic N) is 5. The number of nitriles is 1. The van der Waals surface area contributed by atoms with E-state index in [1.54, 1.807) is 0 Å². The molecule has 0 bridgehead atoms. The molecule has 1 aromatic heterocycles. The van der Waals surface area contributed by atoms with Gasteiger partial charge in [-0.15, -0.1) is 0 Å². The third kappa shape index (κ3) is 6.28. The van der Waals surface area contributed by atoms with Gasteiger partial charge >= 0.3 is 0 Å². The van der Waals surface area contributed by atoms with Gasteiger partial charge in [0.15, 0.2) is 17.2 Å². The molecule has 0 aliphatic carbocycles. The highest BCUT2D eigenvalue weighted by molar-refractivity contribution is 6.12. The Kier molecular flexibility index (Phi) is 8.82. The Balaban J connectivity index is 1.22. The summed E-state index contributed by atoms with van der Waals surface area (Å²) in [6, 6.07) is 75.2. The van der Waals surface area contributed by atoms with Gasteiger partial charge in [0.1, 0.15) is 0 Å². The van der Waals surface area contributed by atoms with Crippen LogP contribution in [0.2, 0.25) is 0 Å². The van der Waals surface area contributed by atoms with Crippen LogP contribution in [0.4, 0.5) is 39.8 Å². The Labute approximate surface area is 359 Å². The number of aromatic nitrogens is 1. The highest BCUT2D eigenvalue weighted by Gasteiger charge is 2.28. The molecule has 0 saturated heterocycles. The standard InChI is InChI=1S/C56H35N5O/c1-58-43-24-28-45(29-25-43)59(44-26-20-38(37-57)21-27-44)46-34-47(36-48(35-46)61-53-16-8-10-18-55(53)62-56-19-11-9-17-54(56)61)60-51-30-22-41(39-12-4-2-5-13-39)32-49(51)50-33-42(23-31-52(50)60)40-14-6-3-7-15-40/h2-36H. The molecule has 2 heterocycles. The van der Waals surface area contributed by atoms with Crippen LogP contribution >= 0.6 is 0 Å². The molecule has 62 heavy (non-hydrogen) atoms. The SMILES string of the molecule is [C-]#[N+]c1ccc(N(c2ccc(C#N)cc2)c2cc(N3c4ccccc4Oc4ccccc43)cc(-n3c4ccc(-c5ccccc5)cc4c4cc(-c5ccccc5)ccc43)c2)cc1. The van der Waals surface area contributed by atoms with Crippen molar-refractivity contribution in [1.82, 2.24) is 4.57 Å². The normalized spacial score (nSPS) is 11.6. The molecular formula is C56H35N5O. The molecular weight excluding hydrogens is 759 g/mol. The number of benzene rings is 9. The third-order valence-corrected chi connectivity index (χ3v) is 11.6. The first-order valence-electron chi connectivity index (χ1n) is 20.4. The Morgan fingerprint density at radius 3 is 1.50 bits per heavy atom. The molecule has 290 valence electrons. The second-order valence-corrected chi connectivity index (χ2v) is 15.2. The lowest BCUT2D eigenvalue weighted by Crippen LogP contribution is -2.17. The lowest BCUT2D eigenvalue weighted by molar-refractivity contribution is 0.477. The molecule has 0 N–H and O–H groups in total. The van der Waals surface area contributed by atoms with Crippen LogP contribution < -0.4 is 14.5 Å². The number of anilines is 6. The Hall–Kier alpha value is -8.84. The monoisotopic (exact) mass is 793 g/mol. The topological polar surface area (TPSA) is 48.8 Å². The van der Waals surface area contributed by atoms with Crippen LogP contribution in [0, 0.1) is 17.9 Å². The molecule has 6 heteroatoms. The van der Waals surface area contributed by atoms with Gasteiger partial charge in [0.25, 0.3) is 0 Å². The fourth-order valence-corrected chi connectivity index (χ4v) is 8.68. The summed E-state index contributed by atoms with van der Waals surface area (Å²) in [4.78, 5) is 8.15. The predicted molar refractivity (Wildman–Crippen MR) is 252 cm³/mol. The number of rotatable bonds is 7. The van der Waals surface area contributed by atoms with Gasteiger partial charge in [-0.05, 0) is 125 Å². The van der Waals surface area contributed by atoms with E-state index >= 15 is 0 Å². The smallest absolute Gasteiger partial charge is 0.187 e. The Bertz CT molecular complexity index is 3200. The summed E-state index contributed by atoms with van der Waals surface area (Å²) >= 11 is 0. The van der Waals surface area contributed by atoms with Crippen molar-refractivity contribution in [2.75, 3.05) is 9.80 Å². The third-order valence-electron chi connectivity index (χ3n) is 11.6. The first kappa shape index (κ1) is 36.3. The summed E-state index contributed by atoms with van der Waals surface area (Å²) in [7, 11) is 0. The zero-order valence-corrected chi connectivity index (χ0v) is 33.4. The van der Waals surface area contributed by atoms with Gasteiger partial charge < -0.3 is 19.1 Å². The second kappa shape index (κ2) is 15.1. The van der Waals surface area contributed by atoms with Gasteiger partial charge in [0.05, 0.1) is 57.7 Å². The van der Waals surface area contributed by atoms with Crippen molar-refractivity contribution in [3.8, 4) is 45.5 Å². The summed E-state index contributed by atoms with van der Waals surface area (Å²) in [5.41, 5.74) is 14.2. The van der Waals surface area contributed by atoms with Crippen LogP contribution in [0.3, 0.4) is 0 Å². The summed E-state index contributed by atoms with van der Waals surface area (Å²) in [6.07, 6.45) is 0. The van der Waals surface area contributed by atoms with E-state index in [0.717, 1.165) is 95.4 Å². The molecule has 10 aromatic rings. The minimum Gasteiger partial charge on any atom is -0.453 e. The van der Waals surface area contributed by atoms with Gasteiger partial charge in [-0.25, -0.2) is 4.85 Å². The van der Waals surface area contributed by atoms with E-state index in [4.69, 9.17) is 11.3 Å². The maximum atomic E-state index is 9.77. The van der Waals surface area contributed by atoms with E-state index in [1.165, 1.54) is 0 Å². The minimum absolute atomic E-state index is 0.555. The lowest BCUT2D eigenvalue weighted by Gasteiger charge is -2.34. The molecule has 1 aliphatic heterocycles. The Morgan fingerprint density at radius 1 is 0.468 bits per heavy atom. The zero-order chi connectivity index (χ0) is 41.6. The first-order chi connectivity index (χ1) is 30.6. The average molecular weight is 794 g/mol. The molecule has 0 spiro atoms. The molecule has 0 radical (unpaired) electrons. The number of ether oxygens (including phenoxy) is 1. The molecule has 1 aliphatic rings. The van der Waals surface area contributed by atoms with Crippen LogP contribution in [-0.4, -0.2) is 4.57 Å². The van der Waals surface area contributed by atoms with Crippen molar-refractivity contribution in [2.24, 2.45) is 0 Å². The van der Waals surface area contributed by atoms with E-state index in [2.05, 4.69) is 153 Å². The molecule has 0 fully saturated rings. The van der Waals surface area contributed by atoms with Crippen molar-refractivity contribution in [2.45, 2.75) is 0 Å². The molecule has 0 atom stereocenters. The van der Waals surface area contributed by atoms with E-state index in [1.807, 2.05) is 84.9 Å². The van der Waals surface area contributed by atoms with Crippen molar-refractivity contribution in [3.05, 3.63) is 229 Å². The number of fused-ring (bicyclic) bond motifs is 5. The van der Waals surface area contributed by atoms with Crippen molar-refractivity contribution < 1.29 is 4.74 Å². The van der Waals surface area contributed by atoms with Gasteiger partial charge in [0, 0.05) is 22.1 Å². The van der Waals surface area contributed by atoms with Crippen LogP contribution in [0.1, 0.15) is 5.56 Å². The van der Waals surface area contributed by atoms with Crippen molar-refractivity contribution in [3.63, 3.8) is 0 Å². The van der Waals surface area contributed by atoms with Gasteiger partial charge in [-0.3, -0.25) is 0 Å². The van der Waals surface area contributed by atoms with Crippen LogP contribution in [0.25, 0.3) is 54.6 Å². The lowest BCUT2D eigenvalue weighted by atomic mass is 10.0. The molecule has 0 saturated carbocycles. The van der Waals surface area contributed by atoms with Crippen LogP contribution in [0.15, 0.2) is 212 Å². The quantitative estimate of drug-likeness (QED) is 0.151. The second-order valence-electron chi connectivity index (χ2n) is 15.2. The first-order valence-corrected chi connectivity index (χ1v) is 20.4. The Morgan fingerprint density at radius 2 is 0.968 bits per heavy atom. The largest absolute Gasteiger partial charge is 0.453 e. The highest BCUT2D eigenvalue weighted by Crippen LogP contribution is 2.52. The average Bonchev–Trinajstić information content (AvgIpc) is 3.67. The number of para-hydroxylation sites is 4. The van der Waals surface area contributed by atoms with Crippen molar-refractivity contribution >= 4 is 61.6 Å². The fourth-order valence-electron chi connectivity index (χ4n) is 8.68. The van der Waals surface area contributed by atoms with E-state index < -0.39 is 0 Å². The highest BCUT2D eigenvalue weighted by atomic mass is 16.5. The summed E-state index contributed by atoms with van der Waals surface area (Å²) in [6.45, 7) is 7.68. The summed E-state index contributed by atoms with van der Waals surface area (Å²) in [5, 5.41) is 12.1. The van der Waals surface area contributed by atoms with E-state index in [9.17, 15) is 5.26 Å². The van der Waals surface area contributed by atoms with E-state index in [-0.39, 0.29) is 0 Å². The maximum Gasteiger partial charge on any atom is 0.187 e. The summed E-state index contributed by atoms with van der Waals surface area (Å²) < 4.78 is 8.87. The zero-order valence-electron chi connectivity index (χ0n) is 33.4. The van der Waals surface area contributed by atoms with Gasteiger partial charge in [-0.1, -0.05) is 109 Å². The fraction of sp³-hybridized carbons (Fsp3) is 0. The van der Waals surface area contributed by atoms with Crippen LogP contribution in [0.5, 0.6) is 11.5 Å². The number of hydrogen-bond donors (Lipinski definition) is 0. The molecule has 6 nitrogen and oxygen atoms in total. The molecule has 9 aromatic carbocycles. The van der Waals surface area contributed by atoms with Crippen LogP contribution in [-0.2, 0) is 0 Å². The van der Waals surface area contributed by atoms with Gasteiger partial charge in [-0.2, -0.15) is 5.26 Å². The van der Waals surface area contributed by atoms with E-state index in [0.29, 0.717) is 11.3 Å². The molecule has 0 unspecified atom stereocenters. The number of hydrogen-bond acceptors (Lipinski definition) is 4. The predicted octanol–water partition coefficient (Wildman–Crippen LogP) is 15.6. The minimum atomic E-state index is 0.555. The summed E-state index contributed by atoms with van der Waals surface area (Å²) in [5.74, 6) is 1.52.